The summed E-state index contributed by atoms with van der Waals surface area (Å²) in [5, 5.41) is 90.3. The van der Waals surface area contributed by atoms with E-state index in [9.17, 15) is 60.3 Å². The van der Waals surface area contributed by atoms with Crippen molar-refractivity contribution in [3.05, 3.63) is 52.7 Å². The van der Waals surface area contributed by atoms with Gasteiger partial charge in [-0.1, -0.05) is 0 Å². The van der Waals surface area contributed by atoms with E-state index in [-0.39, 0.29) is 28.2 Å². The molecule has 2 aromatic carbocycles. The molecule has 0 aliphatic carbocycles. The summed E-state index contributed by atoms with van der Waals surface area (Å²) in [6.45, 7) is 0. The zero-order valence-electron chi connectivity index (χ0n) is 22.1. The van der Waals surface area contributed by atoms with Crippen LogP contribution in [-0.2, 0) is 23.8 Å². The lowest BCUT2D eigenvalue weighted by Gasteiger charge is -2.44. The van der Waals surface area contributed by atoms with Crippen LogP contribution in [0.1, 0.15) is 0 Å². The van der Waals surface area contributed by atoms with Crippen LogP contribution in [0.5, 0.6) is 17.2 Å². The van der Waals surface area contributed by atoms with Gasteiger partial charge in [0.15, 0.2) is 30.0 Å². The molecule has 3 aromatic rings. The van der Waals surface area contributed by atoms with Gasteiger partial charge < -0.3 is 69.3 Å². The summed E-state index contributed by atoms with van der Waals surface area (Å²) in [4.78, 5) is 36.0. The van der Waals surface area contributed by atoms with Crippen molar-refractivity contribution in [2.24, 2.45) is 0 Å². The van der Waals surface area contributed by atoms with E-state index < -0.39 is 84.5 Å². The Kier molecular flexibility index (Phi) is 8.47. The second kappa shape index (κ2) is 12.0. The Morgan fingerprint density at radius 3 is 1.93 bits per heavy atom. The summed E-state index contributed by atoms with van der Waals surface area (Å²) in [6, 6.07) is 8.76. The van der Waals surface area contributed by atoms with Gasteiger partial charge in [0.2, 0.25) is 6.29 Å². The highest BCUT2D eigenvalue weighted by Gasteiger charge is 2.54. The summed E-state index contributed by atoms with van der Waals surface area (Å²) in [5.41, 5.74) is -0.488. The van der Waals surface area contributed by atoms with E-state index in [1.165, 1.54) is 24.3 Å². The van der Waals surface area contributed by atoms with Gasteiger partial charge in [0, 0.05) is 23.8 Å². The maximum absolute atomic E-state index is 12.8. The number of aliphatic hydroxyl groups is 5. The van der Waals surface area contributed by atoms with Crippen molar-refractivity contribution in [2.75, 3.05) is 0 Å². The summed E-state index contributed by atoms with van der Waals surface area (Å²) in [5.74, 6) is -4.45. The van der Waals surface area contributed by atoms with Gasteiger partial charge in [0.25, 0.3) is 0 Å². The molecule has 44 heavy (non-hydrogen) atoms. The topological polar surface area (TPSA) is 283 Å². The SMILES string of the molecule is O=C(O)C1OC(OC2C(Oc3cc(O)c4c(=O)cc(-c5ccc(O)cc5)oc4c3)OC(C(=O)O)C(O)C2O)C(O)C(O)C1O. The highest BCUT2D eigenvalue weighted by atomic mass is 16.8. The standard InChI is InChI=1S/C27H26O17/c28-9-3-1-8(2-4-9)13-7-12(30)15-11(29)5-10(6-14(15)41-13)40-27-23(19(34)18(33)22(43-27)25(38)39)44-26-20(35)16(31)17(32)21(42-26)24(36)37/h1-7,16-23,26-29,31-35H,(H,36,37)(H,38,39). The van der Waals surface area contributed by atoms with Gasteiger partial charge in [-0.15, -0.1) is 0 Å². The average molecular weight is 622 g/mol. The second-order valence-corrected chi connectivity index (χ2v) is 10.0. The van der Waals surface area contributed by atoms with Crippen LogP contribution in [0.25, 0.3) is 22.3 Å². The molecule has 3 heterocycles. The number of phenolic OH excluding ortho intramolecular Hbond substituents is 2. The number of aliphatic hydroxyl groups excluding tert-OH is 5. The first-order valence-electron chi connectivity index (χ1n) is 12.9. The molecule has 0 spiro atoms. The molecule has 2 fully saturated rings. The van der Waals surface area contributed by atoms with E-state index in [2.05, 4.69) is 0 Å². The van der Waals surface area contributed by atoms with Gasteiger partial charge in [-0.2, -0.15) is 0 Å². The van der Waals surface area contributed by atoms with Gasteiger partial charge in [0.1, 0.15) is 64.5 Å². The van der Waals surface area contributed by atoms with Crippen molar-refractivity contribution in [1.29, 1.82) is 0 Å². The molecule has 236 valence electrons. The monoisotopic (exact) mass is 622 g/mol. The minimum Gasteiger partial charge on any atom is -0.508 e. The van der Waals surface area contributed by atoms with Crippen LogP contribution in [0.15, 0.2) is 51.7 Å². The van der Waals surface area contributed by atoms with Crippen LogP contribution >= 0.6 is 0 Å². The Morgan fingerprint density at radius 2 is 1.32 bits per heavy atom. The number of carbonyl (C=O) groups is 2. The maximum Gasteiger partial charge on any atom is 0.335 e. The number of ether oxygens (including phenoxy) is 4. The minimum absolute atomic E-state index is 0.0378. The van der Waals surface area contributed by atoms with Crippen LogP contribution in [0.2, 0.25) is 0 Å². The molecule has 2 saturated heterocycles. The fourth-order valence-corrected chi connectivity index (χ4v) is 4.81. The predicted octanol–water partition coefficient (Wildman–Crippen LogP) is -1.94. The number of hydrogen-bond acceptors (Lipinski definition) is 15. The van der Waals surface area contributed by atoms with E-state index in [1.54, 1.807) is 0 Å². The molecular formula is C27H26O17. The van der Waals surface area contributed by atoms with E-state index in [0.717, 1.165) is 18.2 Å². The van der Waals surface area contributed by atoms with E-state index in [1.807, 2.05) is 0 Å². The third-order valence-electron chi connectivity index (χ3n) is 7.08. The van der Waals surface area contributed by atoms with Gasteiger partial charge in [0.05, 0.1) is 0 Å². The maximum atomic E-state index is 12.8. The number of carboxylic acid groups (broad SMARTS) is 2. The van der Waals surface area contributed by atoms with Crippen molar-refractivity contribution in [3.63, 3.8) is 0 Å². The fourth-order valence-electron chi connectivity index (χ4n) is 4.81. The number of benzene rings is 2. The Balaban J connectivity index is 1.50. The van der Waals surface area contributed by atoms with Crippen LogP contribution in [0.3, 0.4) is 0 Å². The summed E-state index contributed by atoms with van der Waals surface area (Å²) in [6.07, 6.45) is -20.8. The quantitative estimate of drug-likeness (QED) is 0.138. The van der Waals surface area contributed by atoms with E-state index in [4.69, 9.17) is 23.4 Å². The molecule has 0 amide bonds. The summed E-state index contributed by atoms with van der Waals surface area (Å²) < 4.78 is 27.2. The molecule has 5 rings (SSSR count). The third-order valence-corrected chi connectivity index (χ3v) is 7.08. The van der Waals surface area contributed by atoms with Gasteiger partial charge >= 0.3 is 11.9 Å². The molecular weight excluding hydrogens is 596 g/mol. The molecule has 10 atom stereocenters. The van der Waals surface area contributed by atoms with Crippen molar-refractivity contribution in [2.45, 2.75) is 61.4 Å². The first-order chi connectivity index (χ1) is 20.8. The van der Waals surface area contributed by atoms with Crippen LogP contribution in [0.4, 0.5) is 0 Å². The molecule has 10 unspecified atom stereocenters. The molecule has 0 radical (unpaired) electrons. The second-order valence-electron chi connectivity index (χ2n) is 10.0. The van der Waals surface area contributed by atoms with Gasteiger partial charge in [-0.05, 0) is 24.3 Å². The molecule has 2 aliphatic heterocycles. The Bertz CT molecular complexity index is 1600. The number of phenols is 2. The molecule has 0 bridgehead atoms. The normalized spacial score (nSPS) is 32.3. The number of rotatable bonds is 7. The van der Waals surface area contributed by atoms with Crippen molar-refractivity contribution in [3.8, 4) is 28.6 Å². The Labute approximate surface area is 244 Å². The molecule has 17 nitrogen and oxygen atoms in total. The van der Waals surface area contributed by atoms with Crippen molar-refractivity contribution >= 4 is 22.9 Å². The lowest BCUT2D eigenvalue weighted by molar-refractivity contribution is -0.350. The number of aliphatic carboxylic acids is 2. The minimum atomic E-state index is -2.15. The average Bonchev–Trinajstić information content (AvgIpc) is 2.96. The van der Waals surface area contributed by atoms with Crippen LogP contribution < -0.4 is 10.2 Å². The number of carboxylic acids is 2. The molecule has 0 saturated carbocycles. The fraction of sp³-hybridized carbons (Fsp3) is 0.370. The highest BCUT2D eigenvalue weighted by Crippen LogP contribution is 2.35. The van der Waals surface area contributed by atoms with Crippen LogP contribution in [0, 0.1) is 0 Å². The predicted molar refractivity (Wildman–Crippen MR) is 139 cm³/mol. The molecule has 1 aromatic heterocycles. The first-order valence-corrected chi connectivity index (χ1v) is 12.9. The number of aromatic hydroxyl groups is 2. The zero-order valence-corrected chi connectivity index (χ0v) is 22.1. The highest BCUT2D eigenvalue weighted by molar-refractivity contribution is 5.86. The first kappa shape index (κ1) is 31.1. The van der Waals surface area contributed by atoms with Crippen LogP contribution in [-0.4, -0.2) is 119 Å². The van der Waals surface area contributed by atoms with Gasteiger partial charge in [-0.25, -0.2) is 9.59 Å². The van der Waals surface area contributed by atoms with E-state index in [0.29, 0.717) is 5.56 Å². The van der Waals surface area contributed by atoms with Gasteiger partial charge in [-0.3, -0.25) is 4.79 Å². The lowest BCUT2D eigenvalue weighted by Crippen LogP contribution is -2.66. The summed E-state index contributed by atoms with van der Waals surface area (Å²) in [7, 11) is 0. The molecule has 2 aliphatic rings. The molecule has 9 N–H and O–H groups in total. The van der Waals surface area contributed by atoms with E-state index >= 15 is 0 Å². The summed E-state index contributed by atoms with van der Waals surface area (Å²) >= 11 is 0. The largest absolute Gasteiger partial charge is 0.508 e. The number of hydrogen-bond donors (Lipinski definition) is 9. The Hall–Kier alpha value is -4.33. The smallest absolute Gasteiger partial charge is 0.335 e. The third kappa shape index (κ3) is 5.77. The lowest BCUT2D eigenvalue weighted by atomic mass is 9.97. The molecule has 17 heteroatoms. The Morgan fingerprint density at radius 1 is 0.727 bits per heavy atom. The van der Waals surface area contributed by atoms with Crippen molar-refractivity contribution in [1.82, 2.24) is 0 Å². The number of fused-ring (bicyclic) bond motifs is 1. The zero-order chi connectivity index (χ0) is 32.0. The van der Waals surface area contributed by atoms with Crippen molar-refractivity contribution < 1.29 is 78.9 Å².